The minimum atomic E-state index is -3.25. The van der Waals surface area contributed by atoms with E-state index in [1.807, 2.05) is 62.4 Å². The molecule has 4 aromatic rings. The van der Waals surface area contributed by atoms with E-state index in [0.717, 1.165) is 16.7 Å². The summed E-state index contributed by atoms with van der Waals surface area (Å²) in [6, 6.07) is 15.1. The molecular weight excluding hydrogens is 519 g/mol. The van der Waals surface area contributed by atoms with Crippen molar-refractivity contribution in [1.82, 2.24) is 23.9 Å². The highest BCUT2D eigenvalue weighted by Crippen LogP contribution is 2.39. The van der Waals surface area contributed by atoms with Crippen molar-refractivity contribution in [3.63, 3.8) is 0 Å². The Bertz CT molecular complexity index is 1510. The Morgan fingerprint density at radius 1 is 0.944 bits per heavy atom. The van der Waals surface area contributed by atoms with Gasteiger partial charge in [-0.05, 0) is 37.1 Å². The van der Waals surface area contributed by atoms with Crippen LogP contribution in [-0.2, 0) is 10.0 Å². The summed E-state index contributed by atoms with van der Waals surface area (Å²) in [4.78, 5) is 11.5. The van der Waals surface area contributed by atoms with Crippen LogP contribution in [0.15, 0.2) is 48.5 Å². The molecule has 0 N–H and O–H groups in total. The average Bonchev–Trinajstić information content (AvgIpc) is 3.23. The number of aromatic nitrogens is 4. The first-order valence-corrected chi connectivity index (χ1v) is 14.2. The first kappa shape index (κ1) is 25.0. The van der Waals surface area contributed by atoms with Gasteiger partial charge in [-0.25, -0.2) is 13.4 Å². The SMILES string of the molecule is CCCS(=O)(=O)N1CCN(c2nc(C)nc3c(-c4ccc(Cl)cc4)c(-c4ccccc4Cl)nn23)CC1. The highest BCUT2D eigenvalue weighted by molar-refractivity contribution is 7.89. The lowest BCUT2D eigenvalue weighted by Crippen LogP contribution is -2.50. The van der Waals surface area contributed by atoms with E-state index in [9.17, 15) is 8.42 Å². The topological polar surface area (TPSA) is 83.7 Å². The molecule has 2 aromatic heterocycles. The Hall–Kier alpha value is -2.72. The predicted octanol–water partition coefficient (Wildman–Crippen LogP) is 4.94. The number of piperazine rings is 1. The molecule has 188 valence electrons. The van der Waals surface area contributed by atoms with Gasteiger partial charge in [-0.15, -0.1) is 0 Å². The van der Waals surface area contributed by atoms with Gasteiger partial charge in [0.25, 0.3) is 0 Å². The Kier molecular flexibility index (Phi) is 6.91. The number of anilines is 1. The van der Waals surface area contributed by atoms with Gasteiger partial charge < -0.3 is 4.90 Å². The van der Waals surface area contributed by atoms with Crippen LogP contribution in [0.3, 0.4) is 0 Å². The zero-order chi connectivity index (χ0) is 25.4. The summed E-state index contributed by atoms with van der Waals surface area (Å²) in [5, 5.41) is 6.17. The van der Waals surface area contributed by atoms with E-state index in [1.165, 1.54) is 0 Å². The standard InChI is InChI=1S/C25H26Cl2N6O2S/c1-3-16-36(34,35)32-14-12-31(13-15-32)25-29-17(2)28-24-22(18-8-10-19(26)11-9-18)23(30-33(24)25)20-6-4-5-7-21(20)27/h4-11H,3,12-16H2,1-2H3. The number of aryl methyl sites for hydroxylation is 1. The van der Waals surface area contributed by atoms with E-state index in [4.69, 9.17) is 38.3 Å². The van der Waals surface area contributed by atoms with E-state index >= 15 is 0 Å². The molecule has 1 saturated heterocycles. The molecule has 0 atom stereocenters. The number of hydrogen-bond donors (Lipinski definition) is 0. The van der Waals surface area contributed by atoms with Crippen LogP contribution < -0.4 is 4.90 Å². The largest absolute Gasteiger partial charge is 0.338 e. The highest BCUT2D eigenvalue weighted by Gasteiger charge is 2.29. The van der Waals surface area contributed by atoms with Crippen molar-refractivity contribution in [2.75, 3.05) is 36.8 Å². The van der Waals surface area contributed by atoms with E-state index < -0.39 is 10.0 Å². The molecule has 1 fully saturated rings. The number of nitrogens with zero attached hydrogens (tertiary/aromatic N) is 6. The number of rotatable bonds is 6. The monoisotopic (exact) mass is 544 g/mol. The number of sulfonamides is 1. The lowest BCUT2D eigenvalue weighted by atomic mass is 10.0. The van der Waals surface area contributed by atoms with Gasteiger partial charge in [-0.1, -0.05) is 60.5 Å². The van der Waals surface area contributed by atoms with Crippen LogP contribution in [0.2, 0.25) is 10.0 Å². The molecule has 0 radical (unpaired) electrons. The molecule has 0 spiro atoms. The van der Waals surface area contributed by atoms with Crippen LogP contribution >= 0.6 is 23.2 Å². The maximum atomic E-state index is 12.6. The van der Waals surface area contributed by atoms with Crippen LogP contribution in [0, 0.1) is 6.92 Å². The summed E-state index contributed by atoms with van der Waals surface area (Å²) in [6.07, 6.45) is 0.597. The smallest absolute Gasteiger partial charge is 0.230 e. The van der Waals surface area contributed by atoms with Gasteiger partial charge in [0.2, 0.25) is 16.0 Å². The molecule has 2 aromatic carbocycles. The van der Waals surface area contributed by atoms with Crippen LogP contribution in [0.25, 0.3) is 28.0 Å². The summed E-state index contributed by atoms with van der Waals surface area (Å²) in [5.41, 5.74) is 3.86. The molecule has 0 amide bonds. The average molecular weight is 545 g/mol. The summed E-state index contributed by atoms with van der Waals surface area (Å²) < 4.78 is 28.4. The van der Waals surface area contributed by atoms with Crippen LogP contribution in [0.1, 0.15) is 19.2 Å². The Morgan fingerprint density at radius 2 is 1.64 bits per heavy atom. The Balaban J connectivity index is 1.64. The second kappa shape index (κ2) is 9.97. The second-order valence-corrected chi connectivity index (χ2v) is 11.7. The van der Waals surface area contributed by atoms with Gasteiger partial charge in [0.1, 0.15) is 11.5 Å². The van der Waals surface area contributed by atoms with Gasteiger partial charge in [0.05, 0.1) is 16.3 Å². The third kappa shape index (κ3) is 4.68. The molecule has 8 nitrogen and oxygen atoms in total. The van der Waals surface area contributed by atoms with Crippen molar-refractivity contribution in [1.29, 1.82) is 0 Å². The van der Waals surface area contributed by atoms with Crippen LogP contribution in [-0.4, -0.2) is 64.2 Å². The predicted molar refractivity (Wildman–Crippen MR) is 144 cm³/mol. The quantitative estimate of drug-likeness (QED) is 0.342. The molecule has 1 aliphatic rings. The molecule has 0 saturated carbocycles. The fourth-order valence-electron chi connectivity index (χ4n) is 4.50. The number of fused-ring (bicyclic) bond motifs is 1. The third-order valence-electron chi connectivity index (χ3n) is 6.22. The molecule has 5 rings (SSSR count). The maximum absolute atomic E-state index is 12.6. The molecule has 0 bridgehead atoms. The molecule has 3 heterocycles. The fraction of sp³-hybridized carbons (Fsp3) is 0.320. The van der Waals surface area contributed by atoms with Gasteiger partial charge >= 0.3 is 0 Å². The molecule has 36 heavy (non-hydrogen) atoms. The zero-order valence-corrected chi connectivity index (χ0v) is 22.4. The highest BCUT2D eigenvalue weighted by atomic mass is 35.5. The lowest BCUT2D eigenvalue weighted by Gasteiger charge is -2.34. The van der Waals surface area contributed by atoms with Crippen molar-refractivity contribution in [2.24, 2.45) is 0 Å². The van der Waals surface area contributed by atoms with E-state index in [0.29, 0.717) is 65.8 Å². The zero-order valence-electron chi connectivity index (χ0n) is 20.0. The van der Waals surface area contributed by atoms with Crippen molar-refractivity contribution < 1.29 is 8.42 Å². The number of benzene rings is 2. The lowest BCUT2D eigenvalue weighted by molar-refractivity contribution is 0.381. The summed E-state index contributed by atoms with van der Waals surface area (Å²) >= 11 is 12.8. The van der Waals surface area contributed by atoms with Crippen molar-refractivity contribution in [3.05, 3.63) is 64.4 Å². The third-order valence-corrected chi connectivity index (χ3v) is 8.88. The van der Waals surface area contributed by atoms with Gasteiger partial charge in [0.15, 0.2) is 5.65 Å². The van der Waals surface area contributed by atoms with Crippen molar-refractivity contribution >= 4 is 44.8 Å². The fourth-order valence-corrected chi connectivity index (χ4v) is 6.35. The minimum absolute atomic E-state index is 0.161. The first-order chi connectivity index (χ1) is 17.3. The number of hydrogen-bond acceptors (Lipinski definition) is 6. The summed E-state index contributed by atoms with van der Waals surface area (Å²) in [7, 11) is -3.25. The van der Waals surface area contributed by atoms with Crippen LogP contribution in [0.5, 0.6) is 0 Å². The molecule has 0 aliphatic carbocycles. The molecule has 11 heteroatoms. The minimum Gasteiger partial charge on any atom is -0.338 e. The van der Waals surface area contributed by atoms with Gasteiger partial charge in [-0.2, -0.15) is 18.9 Å². The van der Waals surface area contributed by atoms with Gasteiger partial charge in [-0.3, -0.25) is 0 Å². The molecule has 1 aliphatic heterocycles. The first-order valence-electron chi connectivity index (χ1n) is 11.8. The molecular formula is C25H26Cl2N6O2S. The van der Waals surface area contributed by atoms with Gasteiger partial charge in [0, 0.05) is 36.8 Å². The maximum Gasteiger partial charge on any atom is 0.230 e. The van der Waals surface area contributed by atoms with E-state index in [1.54, 1.807) is 8.82 Å². The van der Waals surface area contributed by atoms with E-state index in [2.05, 4.69) is 4.90 Å². The number of halogens is 2. The van der Waals surface area contributed by atoms with Crippen molar-refractivity contribution in [3.8, 4) is 22.4 Å². The van der Waals surface area contributed by atoms with E-state index in [-0.39, 0.29) is 5.75 Å². The molecule has 0 unspecified atom stereocenters. The van der Waals surface area contributed by atoms with Crippen molar-refractivity contribution in [2.45, 2.75) is 20.3 Å². The summed E-state index contributed by atoms with van der Waals surface area (Å²) in [6.45, 7) is 5.53. The second-order valence-electron chi connectivity index (χ2n) is 8.72. The Morgan fingerprint density at radius 3 is 2.31 bits per heavy atom. The Labute approximate surface area is 220 Å². The summed E-state index contributed by atoms with van der Waals surface area (Å²) in [5.74, 6) is 1.38. The normalized spacial score (nSPS) is 15.1. The van der Waals surface area contributed by atoms with Crippen LogP contribution in [0.4, 0.5) is 5.95 Å².